The summed E-state index contributed by atoms with van der Waals surface area (Å²) in [6, 6.07) is 17.2. The lowest BCUT2D eigenvalue weighted by Crippen LogP contribution is -2.53. The van der Waals surface area contributed by atoms with Crippen molar-refractivity contribution in [2.24, 2.45) is 10.7 Å². The number of hydrogen-bond acceptors (Lipinski definition) is 4. The fourth-order valence-corrected chi connectivity index (χ4v) is 4.92. The molecule has 3 aliphatic rings. The van der Waals surface area contributed by atoms with E-state index in [2.05, 4.69) is 77.2 Å². The Morgan fingerprint density at radius 1 is 1.03 bits per heavy atom. The fraction of sp³-hybridized carbons (Fsp3) is 0.464. The van der Waals surface area contributed by atoms with Gasteiger partial charge >= 0.3 is 0 Å². The number of aliphatic imine (C=N–C) groups is 1. The minimum Gasteiger partial charge on any atom is -0.326 e. The monoisotopic (exact) mass is 430 g/mol. The summed E-state index contributed by atoms with van der Waals surface area (Å²) < 4.78 is 0. The summed E-state index contributed by atoms with van der Waals surface area (Å²) in [6.07, 6.45) is 9.89. The highest BCUT2D eigenvalue weighted by molar-refractivity contribution is 6.01. The van der Waals surface area contributed by atoms with Crippen LogP contribution in [0.4, 0.5) is 0 Å². The summed E-state index contributed by atoms with van der Waals surface area (Å²) in [5.74, 6) is 0. The van der Waals surface area contributed by atoms with Crippen LogP contribution in [0.3, 0.4) is 0 Å². The van der Waals surface area contributed by atoms with E-state index in [1.165, 1.54) is 60.1 Å². The number of dihydropyridines is 1. The van der Waals surface area contributed by atoms with E-state index in [1.54, 1.807) is 5.57 Å². The first-order valence-corrected chi connectivity index (χ1v) is 12.2. The minimum absolute atomic E-state index is 0.111. The molecule has 4 heteroatoms. The highest BCUT2D eigenvalue weighted by Crippen LogP contribution is 2.24. The molecule has 0 amide bonds. The van der Waals surface area contributed by atoms with Crippen molar-refractivity contribution in [1.29, 1.82) is 0 Å². The fourth-order valence-electron chi connectivity index (χ4n) is 4.92. The summed E-state index contributed by atoms with van der Waals surface area (Å²) in [4.78, 5) is 4.50. The largest absolute Gasteiger partial charge is 0.326 e. The molecule has 0 bridgehead atoms. The van der Waals surface area contributed by atoms with E-state index in [0.717, 1.165) is 32.6 Å². The van der Waals surface area contributed by atoms with Gasteiger partial charge in [-0.25, -0.2) is 0 Å². The van der Waals surface area contributed by atoms with Crippen LogP contribution >= 0.6 is 0 Å². The Bertz CT molecular complexity index is 939. The molecule has 1 aliphatic carbocycles. The van der Waals surface area contributed by atoms with Crippen molar-refractivity contribution in [2.75, 3.05) is 13.1 Å². The highest BCUT2D eigenvalue weighted by Gasteiger charge is 2.28. The molecule has 32 heavy (non-hydrogen) atoms. The van der Waals surface area contributed by atoms with E-state index in [1.807, 2.05) is 0 Å². The quantitative estimate of drug-likeness (QED) is 0.646. The van der Waals surface area contributed by atoms with E-state index >= 15 is 0 Å². The third-order valence-corrected chi connectivity index (χ3v) is 6.78. The molecule has 1 unspecified atom stereocenters. The Morgan fingerprint density at radius 3 is 2.69 bits per heavy atom. The van der Waals surface area contributed by atoms with Gasteiger partial charge in [-0.05, 0) is 73.3 Å². The number of allylic oxidation sites excluding steroid dienone is 1. The maximum atomic E-state index is 5.70. The molecule has 4 nitrogen and oxygen atoms in total. The van der Waals surface area contributed by atoms with Crippen LogP contribution in [0.25, 0.3) is 0 Å². The Labute approximate surface area is 193 Å². The second-order valence-electron chi connectivity index (χ2n) is 9.54. The van der Waals surface area contributed by atoms with Crippen LogP contribution in [0.1, 0.15) is 61.3 Å². The lowest BCUT2D eigenvalue weighted by molar-refractivity contribution is 0.313. The number of nitrogens with zero attached hydrogens (tertiary/aromatic N) is 1. The van der Waals surface area contributed by atoms with E-state index in [0.29, 0.717) is 6.54 Å². The first-order chi connectivity index (χ1) is 15.6. The number of nitrogens with two attached hydrogens (primary N) is 1. The number of fused-ring (bicyclic) bond motifs is 2. The van der Waals surface area contributed by atoms with E-state index in [4.69, 9.17) is 5.73 Å². The lowest BCUT2D eigenvalue weighted by Gasteiger charge is -2.36. The molecule has 1 atom stereocenters. The van der Waals surface area contributed by atoms with Crippen molar-refractivity contribution in [3.63, 3.8) is 0 Å². The summed E-state index contributed by atoms with van der Waals surface area (Å²) in [5, 5.41) is 7.27. The molecule has 2 heterocycles. The van der Waals surface area contributed by atoms with Gasteiger partial charge < -0.3 is 16.4 Å². The average Bonchev–Trinajstić information content (AvgIpc) is 2.84. The molecule has 1 fully saturated rings. The van der Waals surface area contributed by atoms with Crippen LogP contribution in [0, 0.1) is 0 Å². The molecule has 2 aromatic rings. The first-order valence-electron chi connectivity index (χ1n) is 12.2. The molecule has 170 valence electrons. The van der Waals surface area contributed by atoms with Gasteiger partial charge in [0.25, 0.3) is 0 Å². The van der Waals surface area contributed by atoms with Gasteiger partial charge in [0, 0.05) is 44.0 Å². The van der Waals surface area contributed by atoms with Crippen LogP contribution in [-0.2, 0) is 26.1 Å². The molecular formula is C28H38N4. The molecular weight excluding hydrogens is 392 g/mol. The number of hydrogen-bond donors (Lipinski definition) is 3. The second-order valence-corrected chi connectivity index (χ2v) is 9.54. The van der Waals surface area contributed by atoms with Crippen LogP contribution in [0.15, 0.2) is 65.2 Å². The Kier molecular flexibility index (Phi) is 7.90. The predicted octanol–water partition coefficient (Wildman–Crippen LogP) is 4.67. The standard InChI is InChI=1S/C19H25N3.C9H13N/c1-19(10-17-7-2-3-8-18(17)13-22-19)14-21-12-16-6-4-5-15(9-16)11-20;1-2-6-9-8(4-1)5-3-7-10-9/h2-9,21-22H,10-14,20H2,1H3;5H,1-4,6-7H2. The van der Waals surface area contributed by atoms with Gasteiger partial charge in [-0.2, -0.15) is 0 Å². The molecule has 2 aromatic carbocycles. The van der Waals surface area contributed by atoms with Crippen LogP contribution in [0.2, 0.25) is 0 Å². The topological polar surface area (TPSA) is 62.4 Å². The summed E-state index contributed by atoms with van der Waals surface area (Å²) in [7, 11) is 0. The smallest absolute Gasteiger partial charge is 0.0427 e. The van der Waals surface area contributed by atoms with Crippen molar-refractivity contribution < 1.29 is 0 Å². The number of benzene rings is 2. The first kappa shape index (κ1) is 22.9. The normalized spacial score (nSPS) is 21.9. The lowest BCUT2D eigenvalue weighted by atomic mass is 9.86. The van der Waals surface area contributed by atoms with Gasteiger partial charge in [-0.1, -0.05) is 54.6 Å². The molecule has 5 rings (SSSR count). The Hall–Kier alpha value is -2.27. The molecule has 4 N–H and O–H groups in total. The average molecular weight is 431 g/mol. The zero-order valence-electron chi connectivity index (χ0n) is 19.5. The van der Waals surface area contributed by atoms with Crippen molar-refractivity contribution >= 4 is 5.71 Å². The number of rotatable bonds is 5. The summed E-state index contributed by atoms with van der Waals surface area (Å²) >= 11 is 0. The van der Waals surface area contributed by atoms with Gasteiger partial charge in [-0.15, -0.1) is 0 Å². The van der Waals surface area contributed by atoms with E-state index < -0.39 is 0 Å². The molecule has 0 radical (unpaired) electrons. The van der Waals surface area contributed by atoms with Gasteiger partial charge in [0.05, 0.1) is 0 Å². The minimum atomic E-state index is 0.111. The molecule has 0 aromatic heterocycles. The molecule has 0 spiro atoms. The van der Waals surface area contributed by atoms with Gasteiger partial charge in [0.15, 0.2) is 0 Å². The third kappa shape index (κ3) is 6.16. The molecule has 2 aliphatic heterocycles. The van der Waals surface area contributed by atoms with Crippen molar-refractivity contribution in [3.05, 3.63) is 82.4 Å². The predicted molar refractivity (Wildman–Crippen MR) is 135 cm³/mol. The van der Waals surface area contributed by atoms with E-state index in [9.17, 15) is 0 Å². The maximum absolute atomic E-state index is 5.70. The second kappa shape index (κ2) is 11.0. The van der Waals surface area contributed by atoms with Gasteiger partial charge in [-0.3, -0.25) is 4.99 Å². The van der Waals surface area contributed by atoms with Gasteiger partial charge in [0.2, 0.25) is 0 Å². The van der Waals surface area contributed by atoms with Crippen molar-refractivity contribution in [2.45, 2.75) is 70.6 Å². The molecule has 1 saturated carbocycles. The van der Waals surface area contributed by atoms with Crippen molar-refractivity contribution in [3.8, 4) is 0 Å². The summed E-state index contributed by atoms with van der Waals surface area (Å²) in [5.41, 5.74) is 14.2. The Balaban J connectivity index is 0.000000203. The van der Waals surface area contributed by atoms with E-state index in [-0.39, 0.29) is 5.54 Å². The molecule has 0 saturated heterocycles. The maximum Gasteiger partial charge on any atom is 0.0427 e. The summed E-state index contributed by atoms with van der Waals surface area (Å²) in [6.45, 7) is 6.73. The Morgan fingerprint density at radius 2 is 1.84 bits per heavy atom. The van der Waals surface area contributed by atoms with Crippen LogP contribution in [-0.4, -0.2) is 24.3 Å². The SMILES string of the molecule is C1=C2CCCCC2=NCC1.CC1(CNCc2cccc(CN)c2)Cc2ccccc2CN1. The van der Waals surface area contributed by atoms with Gasteiger partial charge in [0.1, 0.15) is 0 Å². The third-order valence-electron chi connectivity index (χ3n) is 6.78. The highest BCUT2D eigenvalue weighted by atomic mass is 15.0. The zero-order valence-corrected chi connectivity index (χ0v) is 19.5. The van der Waals surface area contributed by atoms with Crippen LogP contribution < -0.4 is 16.4 Å². The zero-order chi connectivity index (χ0) is 22.2. The van der Waals surface area contributed by atoms with Crippen molar-refractivity contribution in [1.82, 2.24) is 10.6 Å². The number of nitrogens with one attached hydrogen (secondary N) is 2. The van der Waals surface area contributed by atoms with Crippen LogP contribution in [0.5, 0.6) is 0 Å².